The van der Waals surface area contributed by atoms with Crippen LogP contribution < -0.4 is 5.32 Å². The Balaban J connectivity index is 1.57. The monoisotopic (exact) mass is 258 g/mol. The van der Waals surface area contributed by atoms with E-state index in [-0.39, 0.29) is 5.91 Å². The summed E-state index contributed by atoms with van der Waals surface area (Å²) in [6.45, 7) is 2.78. The van der Waals surface area contributed by atoms with Gasteiger partial charge in [0.05, 0.1) is 6.42 Å². The summed E-state index contributed by atoms with van der Waals surface area (Å²) in [7, 11) is 0. The highest BCUT2D eigenvalue weighted by molar-refractivity contribution is 5.99. The third kappa shape index (κ3) is 2.84. The summed E-state index contributed by atoms with van der Waals surface area (Å²) in [6, 6.07) is 6.21. The molecule has 0 spiro atoms. The number of benzene rings is 1. The van der Waals surface area contributed by atoms with Gasteiger partial charge in [-0.25, -0.2) is 0 Å². The predicted octanol–water partition coefficient (Wildman–Crippen LogP) is 1.39. The summed E-state index contributed by atoms with van der Waals surface area (Å²) in [4.78, 5) is 24.8. The van der Waals surface area contributed by atoms with Gasteiger partial charge in [-0.2, -0.15) is 0 Å². The number of amides is 1. The number of fused-ring (bicyclic) bond motifs is 1. The molecular weight excluding hydrogens is 240 g/mol. The van der Waals surface area contributed by atoms with Crippen LogP contribution in [-0.2, 0) is 22.4 Å². The van der Waals surface area contributed by atoms with Gasteiger partial charge in [-0.05, 0) is 23.6 Å². The topological polar surface area (TPSA) is 49.4 Å². The lowest BCUT2D eigenvalue weighted by Gasteiger charge is -2.25. The van der Waals surface area contributed by atoms with Crippen molar-refractivity contribution in [3.8, 4) is 0 Å². The normalized spacial score (nSPS) is 19.4. The number of rotatable bonds is 3. The van der Waals surface area contributed by atoms with Crippen LogP contribution in [0.5, 0.6) is 0 Å². The maximum absolute atomic E-state index is 11.3. The lowest BCUT2D eigenvalue weighted by atomic mass is 10.0. The second-order valence-corrected chi connectivity index (χ2v) is 5.35. The molecule has 4 nitrogen and oxygen atoms in total. The van der Waals surface area contributed by atoms with Crippen LogP contribution >= 0.6 is 0 Å². The molecule has 4 heteroatoms. The minimum absolute atomic E-state index is 0.0849. The van der Waals surface area contributed by atoms with Crippen molar-refractivity contribution in [2.45, 2.75) is 25.7 Å². The lowest BCUT2D eigenvalue weighted by Crippen LogP contribution is -2.35. The number of hydrogen-bond acceptors (Lipinski definition) is 3. The Kier molecular flexibility index (Phi) is 3.34. The van der Waals surface area contributed by atoms with Gasteiger partial charge < -0.3 is 10.2 Å². The van der Waals surface area contributed by atoms with Crippen molar-refractivity contribution in [2.75, 3.05) is 25.0 Å². The zero-order chi connectivity index (χ0) is 13.2. The Labute approximate surface area is 112 Å². The van der Waals surface area contributed by atoms with Crippen LogP contribution in [0.3, 0.4) is 0 Å². The smallest absolute Gasteiger partial charge is 0.228 e. The van der Waals surface area contributed by atoms with E-state index in [2.05, 4.69) is 22.3 Å². The van der Waals surface area contributed by atoms with E-state index in [0.717, 1.165) is 37.3 Å². The molecule has 19 heavy (non-hydrogen) atoms. The fraction of sp³-hybridized carbons (Fsp3) is 0.467. The van der Waals surface area contributed by atoms with Gasteiger partial charge in [0.2, 0.25) is 5.91 Å². The fourth-order valence-corrected chi connectivity index (χ4v) is 2.75. The van der Waals surface area contributed by atoms with Crippen LogP contribution in [0.2, 0.25) is 0 Å². The first-order chi connectivity index (χ1) is 9.20. The summed E-state index contributed by atoms with van der Waals surface area (Å²) in [6.07, 6.45) is 2.88. The second kappa shape index (κ2) is 5.13. The van der Waals surface area contributed by atoms with Crippen molar-refractivity contribution in [3.63, 3.8) is 0 Å². The van der Waals surface area contributed by atoms with E-state index in [1.807, 2.05) is 6.07 Å². The van der Waals surface area contributed by atoms with Crippen molar-refractivity contribution in [2.24, 2.45) is 0 Å². The summed E-state index contributed by atoms with van der Waals surface area (Å²) in [5, 5.41) is 2.85. The molecule has 1 amide bonds. The van der Waals surface area contributed by atoms with E-state index < -0.39 is 0 Å². The molecule has 0 atom stereocenters. The number of anilines is 1. The zero-order valence-corrected chi connectivity index (χ0v) is 10.9. The number of nitrogens with zero attached hydrogens (tertiary/aromatic N) is 1. The Bertz CT molecular complexity index is 515. The molecular formula is C15H18N2O2. The number of piperidine rings is 1. The quantitative estimate of drug-likeness (QED) is 0.891. The zero-order valence-electron chi connectivity index (χ0n) is 10.9. The van der Waals surface area contributed by atoms with Crippen molar-refractivity contribution >= 4 is 17.4 Å². The minimum Gasteiger partial charge on any atom is -0.326 e. The van der Waals surface area contributed by atoms with Gasteiger partial charge in [-0.15, -0.1) is 0 Å². The van der Waals surface area contributed by atoms with Crippen LogP contribution in [0.25, 0.3) is 0 Å². The van der Waals surface area contributed by atoms with E-state index in [1.54, 1.807) is 0 Å². The lowest BCUT2D eigenvalue weighted by molar-refractivity contribution is -0.121. The number of nitrogens with one attached hydrogen (secondary N) is 1. The van der Waals surface area contributed by atoms with E-state index >= 15 is 0 Å². The number of Topliss-reactive ketones (excluding diaryl/α,β-unsaturated/α-hetero) is 1. The predicted molar refractivity (Wildman–Crippen MR) is 73.2 cm³/mol. The van der Waals surface area contributed by atoms with E-state index in [1.165, 1.54) is 5.56 Å². The van der Waals surface area contributed by atoms with Gasteiger partial charge in [-0.1, -0.05) is 12.1 Å². The molecule has 2 heterocycles. The number of carbonyl (C=O) groups excluding carboxylic acids is 2. The third-order valence-electron chi connectivity index (χ3n) is 3.93. The first-order valence-corrected chi connectivity index (χ1v) is 6.86. The van der Waals surface area contributed by atoms with Gasteiger partial charge in [0, 0.05) is 38.2 Å². The highest BCUT2D eigenvalue weighted by atomic mass is 16.1. The van der Waals surface area contributed by atoms with Crippen LogP contribution in [-0.4, -0.2) is 36.2 Å². The Hall–Kier alpha value is -1.68. The molecule has 0 aromatic heterocycles. The Morgan fingerprint density at radius 1 is 1.16 bits per heavy atom. The van der Waals surface area contributed by atoms with Crippen molar-refractivity contribution < 1.29 is 9.59 Å². The highest BCUT2D eigenvalue weighted by Crippen LogP contribution is 2.24. The van der Waals surface area contributed by atoms with E-state index in [9.17, 15) is 9.59 Å². The minimum atomic E-state index is 0.0849. The molecule has 0 aliphatic carbocycles. The Morgan fingerprint density at radius 3 is 2.74 bits per heavy atom. The van der Waals surface area contributed by atoms with Crippen LogP contribution in [0.15, 0.2) is 18.2 Å². The number of likely N-dealkylation sites (tertiary alicyclic amines) is 1. The number of ketones is 1. The van der Waals surface area contributed by atoms with Crippen LogP contribution in [0, 0.1) is 0 Å². The molecule has 0 bridgehead atoms. The first kappa shape index (κ1) is 12.4. The molecule has 1 aromatic rings. The first-order valence-electron chi connectivity index (χ1n) is 6.86. The van der Waals surface area contributed by atoms with Gasteiger partial charge in [0.1, 0.15) is 5.78 Å². The Morgan fingerprint density at radius 2 is 1.95 bits per heavy atom. The molecule has 1 N–H and O–H groups in total. The average molecular weight is 258 g/mol. The second-order valence-electron chi connectivity index (χ2n) is 5.35. The summed E-state index contributed by atoms with van der Waals surface area (Å²) in [5.74, 6) is 0.472. The number of carbonyl (C=O) groups is 2. The third-order valence-corrected chi connectivity index (χ3v) is 3.93. The average Bonchev–Trinajstić information content (AvgIpc) is 2.77. The molecule has 1 saturated heterocycles. The standard InChI is InChI=1S/C15H18N2O2/c18-13-4-7-17(8-5-13)6-3-11-1-2-14-12(9-11)10-15(19)16-14/h1-2,9H,3-8,10H2,(H,16,19). The summed E-state index contributed by atoms with van der Waals surface area (Å²) < 4.78 is 0. The summed E-state index contributed by atoms with van der Waals surface area (Å²) in [5.41, 5.74) is 3.33. The van der Waals surface area contributed by atoms with E-state index in [0.29, 0.717) is 25.0 Å². The SMILES string of the molecule is O=C1CCN(CCc2ccc3c(c2)CC(=O)N3)CC1. The molecule has 2 aliphatic rings. The molecule has 1 aromatic carbocycles. The highest BCUT2D eigenvalue weighted by Gasteiger charge is 2.18. The largest absolute Gasteiger partial charge is 0.326 e. The molecule has 1 fully saturated rings. The fourth-order valence-electron chi connectivity index (χ4n) is 2.75. The van der Waals surface area contributed by atoms with Crippen LogP contribution in [0.4, 0.5) is 5.69 Å². The van der Waals surface area contributed by atoms with Gasteiger partial charge in [-0.3, -0.25) is 9.59 Å². The molecule has 0 radical (unpaired) electrons. The molecule has 0 saturated carbocycles. The molecule has 2 aliphatic heterocycles. The summed E-state index contributed by atoms with van der Waals surface area (Å²) >= 11 is 0. The maximum atomic E-state index is 11.3. The van der Waals surface area contributed by atoms with E-state index in [4.69, 9.17) is 0 Å². The number of hydrogen-bond donors (Lipinski definition) is 1. The van der Waals surface area contributed by atoms with Crippen molar-refractivity contribution in [3.05, 3.63) is 29.3 Å². The maximum Gasteiger partial charge on any atom is 0.228 e. The van der Waals surface area contributed by atoms with Gasteiger partial charge in [0.25, 0.3) is 0 Å². The van der Waals surface area contributed by atoms with Gasteiger partial charge in [0.15, 0.2) is 0 Å². The van der Waals surface area contributed by atoms with Crippen molar-refractivity contribution in [1.29, 1.82) is 0 Å². The molecule has 3 rings (SSSR count). The van der Waals surface area contributed by atoms with Crippen molar-refractivity contribution in [1.82, 2.24) is 4.90 Å². The molecule has 0 unspecified atom stereocenters. The van der Waals surface area contributed by atoms with Gasteiger partial charge >= 0.3 is 0 Å². The van der Waals surface area contributed by atoms with Crippen LogP contribution in [0.1, 0.15) is 24.0 Å². The molecule has 100 valence electrons.